The van der Waals surface area contributed by atoms with Crippen molar-refractivity contribution in [3.8, 4) is 11.8 Å². The molecule has 2 amide bonds. The van der Waals surface area contributed by atoms with E-state index in [1.165, 1.54) is 12.1 Å². The summed E-state index contributed by atoms with van der Waals surface area (Å²) in [6.45, 7) is 0. The monoisotopic (exact) mass is 313 g/mol. The van der Waals surface area contributed by atoms with E-state index in [1.807, 2.05) is 0 Å². The molecule has 0 saturated carbocycles. The Hall–Kier alpha value is -2.03. The van der Waals surface area contributed by atoms with Gasteiger partial charge in [0.05, 0.1) is 12.1 Å². The molecule has 1 aromatic heterocycles. The third kappa shape index (κ3) is 2.73. The van der Waals surface area contributed by atoms with Gasteiger partial charge in [-0.25, -0.2) is 9.59 Å². The normalized spacial score (nSPS) is 27.0. The highest BCUT2D eigenvalue weighted by Gasteiger charge is 2.42. The number of fused-ring (bicyclic) bond motifs is 1. The first-order valence-electron chi connectivity index (χ1n) is 6.54. The standard InChI is InChI=1S/C12H15N3O5S/c16-8-2-3-9(17)15(8)20-10(18)4-1-7-11-6(5-21-7)13-12(19)14-11/h2-3,6-7,11,16-17H,1,4-5H2,(H2,13,14,19)/t6-,7-,11-/m0/s1. The summed E-state index contributed by atoms with van der Waals surface area (Å²) in [6.07, 6.45) is 0.684. The van der Waals surface area contributed by atoms with Crippen LogP contribution in [0.1, 0.15) is 12.8 Å². The van der Waals surface area contributed by atoms with Crippen LogP contribution in [0.2, 0.25) is 0 Å². The number of hydrogen-bond acceptors (Lipinski definition) is 6. The summed E-state index contributed by atoms with van der Waals surface area (Å²) in [5.41, 5.74) is 0. The van der Waals surface area contributed by atoms with E-state index in [9.17, 15) is 19.8 Å². The zero-order chi connectivity index (χ0) is 15.0. The van der Waals surface area contributed by atoms with Crippen LogP contribution in [0, 0.1) is 0 Å². The molecule has 3 rings (SSSR count). The summed E-state index contributed by atoms with van der Waals surface area (Å²) in [5.74, 6) is -0.424. The predicted octanol–water partition coefficient (Wildman–Crippen LogP) is -0.200. The highest BCUT2D eigenvalue weighted by atomic mass is 32.2. The van der Waals surface area contributed by atoms with Crippen molar-refractivity contribution < 1.29 is 24.6 Å². The number of amides is 2. The van der Waals surface area contributed by atoms with Crippen molar-refractivity contribution >= 4 is 23.8 Å². The largest absolute Gasteiger partial charge is 0.492 e. The summed E-state index contributed by atoms with van der Waals surface area (Å²) in [7, 11) is 0. The highest BCUT2D eigenvalue weighted by molar-refractivity contribution is 8.00. The lowest BCUT2D eigenvalue weighted by Crippen LogP contribution is -2.37. The van der Waals surface area contributed by atoms with Gasteiger partial charge in [-0.3, -0.25) is 0 Å². The molecule has 0 spiro atoms. The predicted molar refractivity (Wildman–Crippen MR) is 74.1 cm³/mol. The Balaban J connectivity index is 1.51. The number of thioether (sulfide) groups is 1. The van der Waals surface area contributed by atoms with Gasteiger partial charge in [0.2, 0.25) is 11.8 Å². The molecule has 2 aliphatic rings. The third-order valence-corrected chi connectivity index (χ3v) is 5.07. The van der Waals surface area contributed by atoms with Gasteiger partial charge in [-0.15, -0.1) is 4.73 Å². The zero-order valence-electron chi connectivity index (χ0n) is 11.0. The minimum atomic E-state index is -0.557. The average Bonchev–Trinajstić information content (AvgIpc) is 3.06. The molecule has 21 heavy (non-hydrogen) atoms. The minimum Gasteiger partial charge on any atom is -0.492 e. The first-order chi connectivity index (χ1) is 10.0. The molecule has 2 aliphatic heterocycles. The van der Waals surface area contributed by atoms with Crippen LogP contribution < -0.4 is 15.5 Å². The van der Waals surface area contributed by atoms with Crippen LogP contribution in [0.3, 0.4) is 0 Å². The van der Waals surface area contributed by atoms with E-state index in [1.54, 1.807) is 11.8 Å². The van der Waals surface area contributed by atoms with E-state index < -0.39 is 5.97 Å². The Bertz CT molecular complexity index is 556. The quantitative estimate of drug-likeness (QED) is 0.573. The number of carbonyl (C=O) groups is 2. The number of aromatic hydroxyl groups is 2. The van der Waals surface area contributed by atoms with Gasteiger partial charge in [-0.05, 0) is 6.42 Å². The molecule has 114 valence electrons. The Morgan fingerprint density at radius 3 is 2.81 bits per heavy atom. The van der Waals surface area contributed by atoms with Gasteiger partial charge >= 0.3 is 12.0 Å². The second-order valence-corrected chi connectivity index (χ2v) is 6.24. The van der Waals surface area contributed by atoms with Crippen LogP contribution in [0.5, 0.6) is 11.8 Å². The molecule has 0 radical (unpaired) electrons. The summed E-state index contributed by atoms with van der Waals surface area (Å²) >= 11 is 1.70. The highest BCUT2D eigenvalue weighted by Crippen LogP contribution is 2.32. The van der Waals surface area contributed by atoms with Crippen molar-refractivity contribution in [3.05, 3.63) is 12.1 Å². The van der Waals surface area contributed by atoms with E-state index in [2.05, 4.69) is 10.6 Å². The SMILES string of the molecule is O=C1N[C@H]2[C@H](CS[C@H]2CCC(=O)On2c(O)ccc2O)N1. The fraction of sp³-hybridized carbons (Fsp3) is 0.500. The Morgan fingerprint density at radius 2 is 2.10 bits per heavy atom. The topological polar surface area (TPSA) is 113 Å². The molecule has 0 unspecified atom stereocenters. The molecule has 2 saturated heterocycles. The van der Waals surface area contributed by atoms with Gasteiger partial charge in [0.25, 0.3) is 0 Å². The lowest BCUT2D eigenvalue weighted by Gasteiger charge is -2.16. The number of nitrogens with zero attached hydrogens (tertiary/aromatic N) is 1. The number of nitrogens with one attached hydrogen (secondary N) is 2. The number of urea groups is 1. The van der Waals surface area contributed by atoms with Gasteiger partial charge in [-0.1, -0.05) is 0 Å². The number of aromatic nitrogens is 1. The van der Waals surface area contributed by atoms with Crippen LogP contribution in [-0.2, 0) is 4.79 Å². The third-order valence-electron chi connectivity index (χ3n) is 3.56. The van der Waals surface area contributed by atoms with Crippen molar-refractivity contribution in [3.63, 3.8) is 0 Å². The van der Waals surface area contributed by atoms with Crippen LogP contribution in [0.25, 0.3) is 0 Å². The van der Waals surface area contributed by atoms with Gasteiger partial charge in [0, 0.05) is 29.6 Å². The van der Waals surface area contributed by atoms with E-state index in [0.29, 0.717) is 11.2 Å². The van der Waals surface area contributed by atoms with E-state index in [4.69, 9.17) is 4.84 Å². The van der Waals surface area contributed by atoms with E-state index in [0.717, 1.165) is 5.75 Å². The van der Waals surface area contributed by atoms with E-state index >= 15 is 0 Å². The Morgan fingerprint density at radius 1 is 1.38 bits per heavy atom. The van der Waals surface area contributed by atoms with Crippen LogP contribution in [0.15, 0.2) is 12.1 Å². The molecule has 1 aromatic rings. The van der Waals surface area contributed by atoms with Crippen LogP contribution in [-0.4, -0.2) is 50.0 Å². The Kier molecular flexibility index (Phi) is 3.58. The molecule has 8 nitrogen and oxygen atoms in total. The van der Waals surface area contributed by atoms with Crippen LogP contribution >= 0.6 is 11.8 Å². The molecular formula is C12H15N3O5S. The van der Waals surface area contributed by atoms with Crippen molar-refractivity contribution in [2.24, 2.45) is 0 Å². The molecule has 4 N–H and O–H groups in total. The molecule has 0 bridgehead atoms. The molecule has 0 aliphatic carbocycles. The average molecular weight is 313 g/mol. The second-order valence-electron chi connectivity index (χ2n) is 4.97. The van der Waals surface area contributed by atoms with Crippen molar-refractivity contribution in [1.29, 1.82) is 0 Å². The van der Waals surface area contributed by atoms with Gasteiger partial charge in [-0.2, -0.15) is 11.8 Å². The number of hydrogen-bond donors (Lipinski definition) is 4. The summed E-state index contributed by atoms with van der Waals surface area (Å²) in [4.78, 5) is 27.9. The van der Waals surface area contributed by atoms with Crippen molar-refractivity contribution in [1.82, 2.24) is 15.4 Å². The first-order valence-corrected chi connectivity index (χ1v) is 7.59. The molecule has 9 heteroatoms. The number of rotatable bonds is 4. The smallest absolute Gasteiger partial charge is 0.333 e. The molecule has 2 fully saturated rings. The Labute approximate surface area is 124 Å². The van der Waals surface area contributed by atoms with Crippen LogP contribution in [0.4, 0.5) is 4.79 Å². The summed E-state index contributed by atoms with van der Waals surface area (Å²) in [6, 6.07) is 2.42. The van der Waals surface area contributed by atoms with Gasteiger partial charge < -0.3 is 25.7 Å². The fourth-order valence-electron chi connectivity index (χ4n) is 2.55. The maximum Gasteiger partial charge on any atom is 0.333 e. The summed E-state index contributed by atoms with van der Waals surface area (Å²) in [5, 5.41) is 24.6. The summed E-state index contributed by atoms with van der Waals surface area (Å²) < 4.78 is 0.672. The molecule has 3 heterocycles. The minimum absolute atomic E-state index is 0.0312. The van der Waals surface area contributed by atoms with Gasteiger partial charge in [0.1, 0.15) is 0 Å². The molecule has 3 atom stereocenters. The lowest BCUT2D eigenvalue weighted by molar-refractivity contribution is -0.145. The maximum atomic E-state index is 11.8. The van der Waals surface area contributed by atoms with Crippen molar-refractivity contribution in [2.45, 2.75) is 30.2 Å². The first kappa shape index (κ1) is 13.9. The fourth-order valence-corrected chi connectivity index (χ4v) is 4.04. The maximum absolute atomic E-state index is 11.8. The van der Waals surface area contributed by atoms with E-state index in [-0.39, 0.29) is 41.5 Å². The molecular weight excluding hydrogens is 298 g/mol. The molecule has 0 aromatic carbocycles. The zero-order valence-corrected chi connectivity index (χ0v) is 11.8. The number of carbonyl (C=O) groups excluding carboxylic acids is 2. The second kappa shape index (κ2) is 5.40. The van der Waals surface area contributed by atoms with Crippen molar-refractivity contribution in [2.75, 3.05) is 5.75 Å². The van der Waals surface area contributed by atoms with Gasteiger partial charge in [0.15, 0.2) is 0 Å². The lowest BCUT2D eigenvalue weighted by atomic mass is 10.0.